The largest absolute Gasteiger partial charge is 0.497 e. The third-order valence-electron chi connectivity index (χ3n) is 4.20. The molecule has 0 aliphatic carbocycles. The average Bonchev–Trinajstić information content (AvgIpc) is 3.38. The molecular weight excluding hydrogens is 352 g/mol. The summed E-state index contributed by atoms with van der Waals surface area (Å²) in [5.74, 6) is 3.14. The highest BCUT2D eigenvalue weighted by Gasteiger charge is 2.17. The van der Waals surface area contributed by atoms with Crippen molar-refractivity contribution in [2.75, 3.05) is 13.9 Å². The van der Waals surface area contributed by atoms with Gasteiger partial charge in [-0.3, -0.25) is 0 Å². The van der Waals surface area contributed by atoms with E-state index in [9.17, 15) is 0 Å². The fourth-order valence-corrected chi connectivity index (χ4v) is 3.69. The lowest BCUT2D eigenvalue weighted by Gasteiger charge is -2.02. The third kappa shape index (κ3) is 2.55. The fourth-order valence-electron chi connectivity index (χ4n) is 2.84. The number of hydrogen-bond acceptors (Lipinski definition) is 7. The first-order valence-corrected chi connectivity index (χ1v) is 8.86. The molecule has 0 atom stereocenters. The van der Waals surface area contributed by atoms with Gasteiger partial charge in [0, 0.05) is 12.0 Å². The summed E-state index contributed by atoms with van der Waals surface area (Å²) in [7, 11) is 1.66. The van der Waals surface area contributed by atoms with Crippen molar-refractivity contribution >= 4 is 16.3 Å². The van der Waals surface area contributed by atoms with Crippen LogP contribution in [0.25, 0.3) is 15.5 Å². The molecule has 4 aromatic rings. The summed E-state index contributed by atoms with van der Waals surface area (Å²) < 4.78 is 17.8. The first-order chi connectivity index (χ1) is 12.8. The molecule has 8 heteroatoms. The van der Waals surface area contributed by atoms with Gasteiger partial charge in [0.05, 0.1) is 7.11 Å². The summed E-state index contributed by atoms with van der Waals surface area (Å²) >= 11 is 1.50. The van der Waals surface area contributed by atoms with E-state index in [4.69, 9.17) is 14.2 Å². The van der Waals surface area contributed by atoms with E-state index in [0.29, 0.717) is 6.42 Å². The number of nitrogens with zero attached hydrogens (tertiary/aromatic N) is 4. The molecule has 130 valence electrons. The van der Waals surface area contributed by atoms with E-state index in [-0.39, 0.29) is 6.79 Å². The summed E-state index contributed by atoms with van der Waals surface area (Å²) in [6.07, 6.45) is 0.648. The predicted molar refractivity (Wildman–Crippen MR) is 96.0 cm³/mol. The molecule has 0 N–H and O–H groups in total. The van der Waals surface area contributed by atoms with Gasteiger partial charge in [-0.1, -0.05) is 23.5 Å². The first-order valence-electron chi connectivity index (χ1n) is 8.04. The molecule has 0 spiro atoms. The normalized spacial score (nSPS) is 12.7. The van der Waals surface area contributed by atoms with Gasteiger partial charge in [0.2, 0.25) is 11.8 Å². The summed E-state index contributed by atoms with van der Waals surface area (Å²) in [5, 5.41) is 14.1. The van der Waals surface area contributed by atoms with Crippen molar-refractivity contribution in [1.82, 2.24) is 19.8 Å². The molecule has 0 saturated carbocycles. The molecule has 26 heavy (non-hydrogen) atoms. The van der Waals surface area contributed by atoms with E-state index in [0.717, 1.165) is 44.2 Å². The highest BCUT2D eigenvalue weighted by Crippen LogP contribution is 2.37. The number of hydrogen-bond donors (Lipinski definition) is 0. The maximum absolute atomic E-state index is 5.45. The zero-order valence-corrected chi connectivity index (χ0v) is 14.7. The average molecular weight is 366 g/mol. The van der Waals surface area contributed by atoms with Gasteiger partial charge in [0.1, 0.15) is 10.8 Å². The van der Waals surface area contributed by atoms with Gasteiger partial charge in [0.15, 0.2) is 17.3 Å². The lowest BCUT2D eigenvalue weighted by Crippen LogP contribution is -1.98. The van der Waals surface area contributed by atoms with Crippen LogP contribution in [0.5, 0.6) is 17.2 Å². The van der Waals surface area contributed by atoms with Gasteiger partial charge in [-0.2, -0.15) is 9.61 Å². The Morgan fingerprint density at radius 2 is 1.92 bits per heavy atom. The Labute approximate surface area is 152 Å². The maximum atomic E-state index is 5.45. The van der Waals surface area contributed by atoms with Crippen LogP contribution in [0.15, 0.2) is 42.5 Å². The molecule has 2 aromatic carbocycles. The molecule has 0 bridgehead atoms. The third-order valence-corrected chi connectivity index (χ3v) is 5.14. The highest BCUT2D eigenvalue weighted by atomic mass is 32.1. The predicted octanol–water partition coefficient (Wildman–Crippen LogP) is 3.18. The molecule has 1 aliphatic heterocycles. The second kappa shape index (κ2) is 5.99. The maximum Gasteiger partial charge on any atom is 0.234 e. The Morgan fingerprint density at radius 3 is 2.77 bits per heavy atom. The van der Waals surface area contributed by atoms with Crippen molar-refractivity contribution in [3.05, 3.63) is 53.9 Å². The minimum atomic E-state index is 0.260. The molecule has 0 unspecified atom stereocenters. The Bertz CT molecular complexity index is 1090. The van der Waals surface area contributed by atoms with Gasteiger partial charge >= 0.3 is 0 Å². The standard InChI is InChI=1S/C18H14N4O3S/c1-23-13-5-2-11(3-6-13)8-16-19-20-18-22(16)21-17(26-18)12-4-7-14-15(9-12)25-10-24-14/h2-7,9H,8,10H2,1H3. The molecule has 0 radical (unpaired) electrons. The number of fused-ring (bicyclic) bond motifs is 2. The van der Waals surface area contributed by atoms with Crippen LogP contribution in [0.2, 0.25) is 0 Å². The van der Waals surface area contributed by atoms with E-state index in [1.807, 2.05) is 42.5 Å². The highest BCUT2D eigenvalue weighted by molar-refractivity contribution is 7.19. The zero-order valence-electron chi connectivity index (χ0n) is 13.9. The molecular formula is C18H14N4O3S. The monoisotopic (exact) mass is 366 g/mol. The Morgan fingerprint density at radius 1 is 1.08 bits per heavy atom. The van der Waals surface area contributed by atoms with Crippen molar-refractivity contribution < 1.29 is 14.2 Å². The SMILES string of the molecule is COc1ccc(Cc2nnc3sc(-c4ccc5c(c4)OCO5)nn23)cc1. The smallest absolute Gasteiger partial charge is 0.234 e. The number of benzene rings is 2. The molecule has 0 saturated heterocycles. The molecule has 0 fully saturated rings. The van der Waals surface area contributed by atoms with Crippen molar-refractivity contribution in [3.8, 4) is 27.8 Å². The minimum absolute atomic E-state index is 0.260. The molecule has 3 heterocycles. The van der Waals surface area contributed by atoms with Gasteiger partial charge < -0.3 is 14.2 Å². The first kappa shape index (κ1) is 15.2. The Kier molecular flexibility index (Phi) is 3.49. The molecule has 1 aliphatic rings. The van der Waals surface area contributed by atoms with Gasteiger partial charge in [-0.25, -0.2) is 0 Å². The fraction of sp³-hybridized carbons (Fsp3) is 0.167. The summed E-state index contributed by atoms with van der Waals surface area (Å²) in [6, 6.07) is 13.7. The summed E-state index contributed by atoms with van der Waals surface area (Å²) in [4.78, 5) is 0.765. The molecule has 2 aromatic heterocycles. The van der Waals surface area contributed by atoms with Crippen molar-refractivity contribution in [2.24, 2.45) is 0 Å². The molecule has 5 rings (SSSR count). The van der Waals surface area contributed by atoms with E-state index < -0.39 is 0 Å². The summed E-state index contributed by atoms with van der Waals surface area (Å²) in [6.45, 7) is 0.260. The lowest BCUT2D eigenvalue weighted by atomic mass is 10.1. The zero-order chi connectivity index (χ0) is 17.5. The number of ether oxygens (including phenoxy) is 3. The quantitative estimate of drug-likeness (QED) is 0.552. The van der Waals surface area contributed by atoms with E-state index in [1.165, 1.54) is 11.3 Å². The number of methoxy groups -OCH3 is 1. The van der Waals surface area contributed by atoms with Crippen molar-refractivity contribution in [1.29, 1.82) is 0 Å². The minimum Gasteiger partial charge on any atom is -0.497 e. The van der Waals surface area contributed by atoms with Crippen LogP contribution in [0.1, 0.15) is 11.4 Å². The van der Waals surface area contributed by atoms with E-state index >= 15 is 0 Å². The lowest BCUT2D eigenvalue weighted by molar-refractivity contribution is 0.174. The van der Waals surface area contributed by atoms with Gasteiger partial charge in [-0.15, -0.1) is 10.2 Å². The van der Waals surface area contributed by atoms with E-state index in [2.05, 4.69) is 15.3 Å². The molecule has 7 nitrogen and oxygen atoms in total. The van der Waals surface area contributed by atoms with E-state index in [1.54, 1.807) is 11.6 Å². The van der Waals surface area contributed by atoms with Crippen LogP contribution in [-0.4, -0.2) is 33.7 Å². The van der Waals surface area contributed by atoms with Crippen LogP contribution in [0.4, 0.5) is 0 Å². The van der Waals surface area contributed by atoms with Crippen molar-refractivity contribution in [2.45, 2.75) is 6.42 Å². The Balaban J connectivity index is 1.47. The van der Waals surface area contributed by atoms with Crippen LogP contribution >= 0.6 is 11.3 Å². The Hall–Kier alpha value is -3.13. The summed E-state index contributed by atoms with van der Waals surface area (Å²) in [5.41, 5.74) is 2.10. The van der Waals surface area contributed by atoms with Crippen LogP contribution in [0, 0.1) is 0 Å². The van der Waals surface area contributed by atoms with Gasteiger partial charge in [-0.05, 0) is 35.9 Å². The second-order valence-electron chi connectivity index (χ2n) is 5.81. The van der Waals surface area contributed by atoms with Crippen LogP contribution in [0.3, 0.4) is 0 Å². The van der Waals surface area contributed by atoms with Crippen LogP contribution < -0.4 is 14.2 Å². The second-order valence-corrected chi connectivity index (χ2v) is 6.77. The molecule has 0 amide bonds. The number of aromatic nitrogens is 4. The van der Waals surface area contributed by atoms with Gasteiger partial charge in [0.25, 0.3) is 0 Å². The van der Waals surface area contributed by atoms with Crippen molar-refractivity contribution in [3.63, 3.8) is 0 Å². The number of rotatable bonds is 4. The topological polar surface area (TPSA) is 70.8 Å². The van der Waals surface area contributed by atoms with Crippen LogP contribution in [-0.2, 0) is 6.42 Å².